The lowest BCUT2D eigenvalue weighted by molar-refractivity contribution is -0.132. The highest BCUT2D eigenvalue weighted by atomic mass is 16.7. The van der Waals surface area contributed by atoms with Gasteiger partial charge >= 0.3 is 5.97 Å². The SMILES string of the molecule is COc1ccc(C(=O)OC[C@@H]2OCC(C(C)=O)O2)cc1. The van der Waals surface area contributed by atoms with Crippen molar-refractivity contribution in [1.29, 1.82) is 0 Å². The first-order valence-corrected chi connectivity index (χ1v) is 6.19. The second-order valence-corrected chi connectivity index (χ2v) is 4.33. The minimum absolute atomic E-state index is 0.0470. The molecule has 1 aromatic carbocycles. The quantitative estimate of drug-likeness (QED) is 0.754. The summed E-state index contributed by atoms with van der Waals surface area (Å²) in [5, 5.41) is 0. The largest absolute Gasteiger partial charge is 0.497 e. The Morgan fingerprint density at radius 2 is 2.00 bits per heavy atom. The number of Topliss-reactive ketones (excluding diaryl/α,β-unsaturated/α-hetero) is 1. The molecule has 1 aliphatic heterocycles. The number of hydrogen-bond acceptors (Lipinski definition) is 6. The van der Waals surface area contributed by atoms with Gasteiger partial charge in [-0.2, -0.15) is 0 Å². The number of ketones is 1. The number of hydrogen-bond donors (Lipinski definition) is 0. The Morgan fingerprint density at radius 1 is 1.30 bits per heavy atom. The van der Waals surface area contributed by atoms with Crippen LogP contribution in [0.3, 0.4) is 0 Å². The molecular formula is C14H16O6. The number of carbonyl (C=O) groups is 2. The smallest absolute Gasteiger partial charge is 0.338 e. The van der Waals surface area contributed by atoms with Crippen molar-refractivity contribution in [3.8, 4) is 5.75 Å². The van der Waals surface area contributed by atoms with E-state index in [1.807, 2.05) is 0 Å². The molecule has 1 saturated heterocycles. The van der Waals surface area contributed by atoms with Crippen LogP contribution in [0.5, 0.6) is 5.75 Å². The maximum atomic E-state index is 11.8. The van der Waals surface area contributed by atoms with E-state index in [0.29, 0.717) is 11.3 Å². The van der Waals surface area contributed by atoms with Crippen molar-refractivity contribution < 1.29 is 28.5 Å². The normalized spacial score (nSPS) is 21.5. The molecule has 0 bridgehead atoms. The lowest BCUT2D eigenvalue weighted by atomic mass is 10.2. The van der Waals surface area contributed by atoms with Gasteiger partial charge in [0.15, 0.2) is 12.1 Å². The summed E-state index contributed by atoms with van der Waals surface area (Å²) in [6.45, 7) is 1.58. The maximum Gasteiger partial charge on any atom is 0.338 e. The zero-order valence-corrected chi connectivity index (χ0v) is 11.3. The van der Waals surface area contributed by atoms with Crippen LogP contribution in [-0.4, -0.2) is 44.5 Å². The molecule has 0 spiro atoms. The average Bonchev–Trinajstić information content (AvgIpc) is 2.94. The molecule has 0 N–H and O–H groups in total. The summed E-state index contributed by atoms with van der Waals surface area (Å²) in [5.74, 6) is 0.0772. The van der Waals surface area contributed by atoms with Crippen molar-refractivity contribution in [1.82, 2.24) is 0 Å². The molecule has 1 fully saturated rings. The summed E-state index contributed by atoms with van der Waals surface area (Å²) in [4.78, 5) is 22.9. The molecule has 0 amide bonds. The number of carbonyl (C=O) groups excluding carboxylic acids is 2. The minimum atomic E-state index is -0.689. The topological polar surface area (TPSA) is 71.1 Å². The average molecular weight is 280 g/mol. The molecule has 6 heteroatoms. The second kappa shape index (κ2) is 6.49. The van der Waals surface area contributed by atoms with Gasteiger partial charge in [-0.05, 0) is 31.2 Å². The first-order valence-electron chi connectivity index (χ1n) is 6.19. The highest BCUT2D eigenvalue weighted by molar-refractivity contribution is 5.89. The van der Waals surface area contributed by atoms with Crippen LogP contribution in [0.15, 0.2) is 24.3 Å². The third kappa shape index (κ3) is 3.55. The van der Waals surface area contributed by atoms with Crippen LogP contribution in [0.2, 0.25) is 0 Å². The summed E-state index contributed by atoms with van der Waals surface area (Å²) in [6.07, 6.45) is -1.26. The molecule has 2 atom stereocenters. The fourth-order valence-corrected chi connectivity index (χ4v) is 1.71. The number of ether oxygens (including phenoxy) is 4. The van der Waals surface area contributed by atoms with Crippen molar-refractivity contribution >= 4 is 11.8 Å². The summed E-state index contributed by atoms with van der Waals surface area (Å²) in [5.41, 5.74) is 0.409. The zero-order valence-electron chi connectivity index (χ0n) is 11.3. The van der Waals surface area contributed by atoms with Gasteiger partial charge < -0.3 is 18.9 Å². The van der Waals surface area contributed by atoms with Crippen molar-refractivity contribution in [2.24, 2.45) is 0 Å². The van der Waals surface area contributed by atoms with E-state index >= 15 is 0 Å². The van der Waals surface area contributed by atoms with Crippen LogP contribution in [0.25, 0.3) is 0 Å². The Labute approximate surface area is 116 Å². The molecular weight excluding hydrogens is 264 g/mol. The summed E-state index contributed by atoms with van der Waals surface area (Å²) in [6, 6.07) is 6.56. The molecule has 1 unspecified atom stereocenters. The third-order valence-corrected chi connectivity index (χ3v) is 2.88. The van der Waals surface area contributed by atoms with E-state index in [1.54, 1.807) is 31.4 Å². The molecule has 1 heterocycles. The molecule has 20 heavy (non-hydrogen) atoms. The molecule has 1 aliphatic rings. The van der Waals surface area contributed by atoms with Crippen molar-refractivity contribution in [3.05, 3.63) is 29.8 Å². The van der Waals surface area contributed by atoms with Gasteiger partial charge in [-0.1, -0.05) is 0 Å². The monoisotopic (exact) mass is 280 g/mol. The molecule has 2 rings (SSSR count). The predicted octanol–water partition coefficient (Wildman–Crippen LogP) is 1.18. The van der Waals surface area contributed by atoms with E-state index in [4.69, 9.17) is 18.9 Å². The summed E-state index contributed by atoms with van der Waals surface area (Å²) >= 11 is 0. The lowest BCUT2D eigenvalue weighted by Gasteiger charge is -2.11. The first-order chi connectivity index (χ1) is 9.60. The van der Waals surface area contributed by atoms with Gasteiger partial charge in [0, 0.05) is 0 Å². The van der Waals surface area contributed by atoms with Gasteiger partial charge in [0.05, 0.1) is 19.3 Å². The number of esters is 1. The Hall–Kier alpha value is -1.92. The van der Waals surface area contributed by atoms with Gasteiger partial charge in [0.2, 0.25) is 0 Å². The van der Waals surface area contributed by atoms with Gasteiger partial charge in [-0.15, -0.1) is 0 Å². The Kier molecular flexibility index (Phi) is 4.70. The standard InChI is InChI=1S/C14H16O6/c1-9(15)12-7-18-13(20-12)8-19-14(16)10-3-5-11(17-2)6-4-10/h3-6,12-13H,7-8H2,1-2H3/t12?,13-/m1/s1. The molecule has 108 valence electrons. The minimum Gasteiger partial charge on any atom is -0.497 e. The number of benzene rings is 1. The number of rotatable bonds is 5. The predicted molar refractivity (Wildman–Crippen MR) is 68.6 cm³/mol. The number of methoxy groups -OCH3 is 1. The van der Waals surface area contributed by atoms with Crippen LogP contribution < -0.4 is 4.74 Å². The first kappa shape index (κ1) is 14.5. The van der Waals surface area contributed by atoms with Gasteiger partial charge in [0.1, 0.15) is 18.5 Å². The van der Waals surface area contributed by atoms with Crippen molar-refractivity contribution in [3.63, 3.8) is 0 Å². The van der Waals surface area contributed by atoms with Crippen LogP contribution in [0.4, 0.5) is 0 Å². The van der Waals surface area contributed by atoms with Crippen molar-refractivity contribution in [2.45, 2.75) is 19.3 Å². The van der Waals surface area contributed by atoms with E-state index in [9.17, 15) is 9.59 Å². The Bertz CT molecular complexity index is 481. The molecule has 0 radical (unpaired) electrons. The van der Waals surface area contributed by atoms with Crippen LogP contribution >= 0.6 is 0 Å². The highest BCUT2D eigenvalue weighted by Gasteiger charge is 2.30. The molecule has 6 nitrogen and oxygen atoms in total. The van der Waals surface area contributed by atoms with Crippen LogP contribution in [0, 0.1) is 0 Å². The van der Waals surface area contributed by atoms with E-state index in [0.717, 1.165) is 0 Å². The lowest BCUT2D eigenvalue weighted by Crippen LogP contribution is -2.23. The third-order valence-electron chi connectivity index (χ3n) is 2.88. The maximum absolute atomic E-state index is 11.8. The van der Waals surface area contributed by atoms with Gasteiger partial charge in [-0.25, -0.2) is 4.79 Å². The zero-order chi connectivity index (χ0) is 14.5. The van der Waals surface area contributed by atoms with E-state index in [1.165, 1.54) is 6.92 Å². The fourth-order valence-electron chi connectivity index (χ4n) is 1.71. The molecule has 0 saturated carbocycles. The van der Waals surface area contributed by atoms with Gasteiger partial charge in [-0.3, -0.25) is 4.79 Å². The fraction of sp³-hybridized carbons (Fsp3) is 0.429. The Morgan fingerprint density at radius 3 is 2.55 bits per heavy atom. The van der Waals surface area contributed by atoms with Crippen LogP contribution in [0.1, 0.15) is 17.3 Å². The van der Waals surface area contributed by atoms with E-state index < -0.39 is 18.4 Å². The van der Waals surface area contributed by atoms with E-state index in [-0.39, 0.29) is 19.0 Å². The second-order valence-electron chi connectivity index (χ2n) is 4.33. The molecule has 0 aromatic heterocycles. The summed E-state index contributed by atoms with van der Waals surface area (Å²) in [7, 11) is 1.55. The van der Waals surface area contributed by atoms with E-state index in [2.05, 4.69) is 0 Å². The van der Waals surface area contributed by atoms with Crippen molar-refractivity contribution in [2.75, 3.05) is 20.3 Å². The summed E-state index contributed by atoms with van der Waals surface area (Å²) < 4.78 is 20.6. The Balaban J connectivity index is 1.81. The molecule has 0 aliphatic carbocycles. The van der Waals surface area contributed by atoms with Gasteiger partial charge in [0.25, 0.3) is 0 Å². The highest BCUT2D eigenvalue weighted by Crippen LogP contribution is 2.15. The van der Waals surface area contributed by atoms with Crippen LogP contribution in [-0.2, 0) is 19.0 Å². The molecule has 1 aromatic rings.